The summed E-state index contributed by atoms with van der Waals surface area (Å²) < 4.78 is 0. The van der Waals surface area contributed by atoms with Crippen molar-refractivity contribution in [2.45, 2.75) is 20.3 Å². The van der Waals surface area contributed by atoms with Gasteiger partial charge in [-0.05, 0) is 37.1 Å². The van der Waals surface area contributed by atoms with E-state index in [-0.39, 0.29) is 0 Å². The van der Waals surface area contributed by atoms with Crippen molar-refractivity contribution >= 4 is 17.2 Å². The molecule has 0 saturated carbocycles. The SMILES string of the molecule is CCCN1CN(c2ccc(C)cn2)c2ccccc21. The zero-order chi connectivity index (χ0) is 13.2. The summed E-state index contributed by atoms with van der Waals surface area (Å²) in [5, 5.41) is 0. The lowest BCUT2D eigenvalue weighted by atomic mass is 10.2. The standard InChI is InChI=1S/C16H19N3/c1-3-10-18-12-19(15-7-5-4-6-14(15)18)16-9-8-13(2)11-17-16/h4-9,11H,3,10,12H2,1-2H3. The van der Waals surface area contributed by atoms with Gasteiger partial charge >= 0.3 is 0 Å². The maximum absolute atomic E-state index is 4.55. The van der Waals surface area contributed by atoms with E-state index in [4.69, 9.17) is 0 Å². The van der Waals surface area contributed by atoms with Gasteiger partial charge in [-0.25, -0.2) is 4.98 Å². The summed E-state index contributed by atoms with van der Waals surface area (Å²) in [6, 6.07) is 12.8. The quantitative estimate of drug-likeness (QED) is 0.831. The average molecular weight is 253 g/mol. The number of aryl methyl sites for hydroxylation is 1. The second kappa shape index (κ2) is 4.92. The van der Waals surface area contributed by atoms with Gasteiger partial charge in [0.15, 0.2) is 0 Å². The number of aromatic nitrogens is 1. The number of pyridine rings is 1. The number of para-hydroxylation sites is 2. The Labute approximate surface area is 114 Å². The highest BCUT2D eigenvalue weighted by molar-refractivity contribution is 5.81. The van der Waals surface area contributed by atoms with Crippen LogP contribution in [0.4, 0.5) is 17.2 Å². The van der Waals surface area contributed by atoms with Crippen molar-refractivity contribution in [1.29, 1.82) is 0 Å². The molecule has 1 aliphatic rings. The predicted molar refractivity (Wildman–Crippen MR) is 80.1 cm³/mol. The van der Waals surface area contributed by atoms with Crippen LogP contribution in [0.15, 0.2) is 42.6 Å². The van der Waals surface area contributed by atoms with E-state index in [1.165, 1.54) is 16.9 Å². The first-order valence-corrected chi connectivity index (χ1v) is 6.84. The molecule has 98 valence electrons. The zero-order valence-corrected chi connectivity index (χ0v) is 11.5. The Morgan fingerprint density at radius 2 is 1.89 bits per heavy atom. The number of hydrogen-bond donors (Lipinski definition) is 0. The lowest BCUT2D eigenvalue weighted by Crippen LogP contribution is -2.28. The van der Waals surface area contributed by atoms with E-state index in [1.807, 2.05) is 6.20 Å². The fourth-order valence-electron chi connectivity index (χ4n) is 2.56. The van der Waals surface area contributed by atoms with Crippen LogP contribution in [-0.2, 0) is 0 Å². The molecule has 0 bridgehead atoms. The molecule has 19 heavy (non-hydrogen) atoms. The molecule has 3 rings (SSSR count). The van der Waals surface area contributed by atoms with Crippen LogP contribution in [-0.4, -0.2) is 18.2 Å². The van der Waals surface area contributed by atoms with Crippen molar-refractivity contribution in [3.63, 3.8) is 0 Å². The van der Waals surface area contributed by atoms with E-state index in [0.717, 1.165) is 25.5 Å². The lowest BCUT2D eigenvalue weighted by molar-refractivity contribution is 0.791. The van der Waals surface area contributed by atoms with E-state index >= 15 is 0 Å². The first-order chi connectivity index (χ1) is 9.29. The Bertz CT molecular complexity index is 562. The number of benzene rings is 1. The van der Waals surface area contributed by atoms with Crippen molar-refractivity contribution in [3.05, 3.63) is 48.2 Å². The molecule has 1 aliphatic heterocycles. The molecule has 3 nitrogen and oxygen atoms in total. The van der Waals surface area contributed by atoms with Gasteiger partial charge < -0.3 is 9.80 Å². The summed E-state index contributed by atoms with van der Waals surface area (Å²) in [6.07, 6.45) is 3.09. The van der Waals surface area contributed by atoms with Crippen molar-refractivity contribution in [2.75, 3.05) is 23.0 Å². The van der Waals surface area contributed by atoms with Crippen LogP contribution in [0.3, 0.4) is 0 Å². The van der Waals surface area contributed by atoms with Crippen molar-refractivity contribution in [3.8, 4) is 0 Å². The van der Waals surface area contributed by atoms with Gasteiger partial charge in [-0.3, -0.25) is 0 Å². The average Bonchev–Trinajstić information content (AvgIpc) is 2.80. The Hall–Kier alpha value is -2.03. The van der Waals surface area contributed by atoms with E-state index in [2.05, 4.69) is 65.0 Å². The molecule has 0 saturated heterocycles. The molecule has 2 aromatic rings. The third kappa shape index (κ3) is 2.16. The minimum atomic E-state index is 0.892. The fourth-order valence-corrected chi connectivity index (χ4v) is 2.56. The Morgan fingerprint density at radius 1 is 1.11 bits per heavy atom. The zero-order valence-electron chi connectivity index (χ0n) is 11.5. The van der Waals surface area contributed by atoms with Gasteiger partial charge in [0.25, 0.3) is 0 Å². The lowest BCUT2D eigenvalue weighted by Gasteiger charge is -2.20. The maximum atomic E-state index is 4.55. The first kappa shape index (κ1) is 12.0. The van der Waals surface area contributed by atoms with Crippen molar-refractivity contribution in [1.82, 2.24) is 4.98 Å². The fraction of sp³-hybridized carbons (Fsp3) is 0.312. The van der Waals surface area contributed by atoms with Gasteiger partial charge in [0.05, 0.1) is 18.0 Å². The van der Waals surface area contributed by atoms with Crippen LogP contribution in [0, 0.1) is 6.92 Å². The summed E-state index contributed by atoms with van der Waals surface area (Å²) in [7, 11) is 0. The van der Waals surface area contributed by atoms with Gasteiger partial charge in [-0.1, -0.05) is 25.1 Å². The molecule has 0 N–H and O–H groups in total. The molecule has 0 fully saturated rings. The Balaban J connectivity index is 1.98. The molecule has 0 unspecified atom stereocenters. The predicted octanol–water partition coefficient (Wildman–Crippen LogP) is 3.72. The normalized spacial score (nSPS) is 13.8. The molecule has 1 aromatic heterocycles. The summed E-state index contributed by atoms with van der Waals surface area (Å²) in [6.45, 7) is 6.26. The van der Waals surface area contributed by atoms with Crippen LogP contribution in [0.5, 0.6) is 0 Å². The number of rotatable bonds is 3. The molecule has 0 spiro atoms. The number of hydrogen-bond acceptors (Lipinski definition) is 3. The maximum Gasteiger partial charge on any atom is 0.134 e. The van der Waals surface area contributed by atoms with E-state index in [9.17, 15) is 0 Å². The molecule has 0 amide bonds. The summed E-state index contributed by atoms with van der Waals surface area (Å²) >= 11 is 0. The minimum absolute atomic E-state index is 0.892. The van der Waals surface area contributed by atoms with Gasteiger partial charge in [0.2, 0.25) is 0 Å². The molecule has 0 radical (unpaired) electrons. The third-order valence-electron chi connectivity index (χ3n) is 3.49. The van der Waals surface area contributed by atoms with Crippen LogP contribution >= 0.6 is 0 Å². The second-order valence-corrected chi connectivity index (χ2v) is 5.02. The van der Waals surface area contributed by atoms with E-state index < -0.39 is 0 Å². The smallest absolute Gasteiger partial charge is 0.134 e. The highest BCUT2D eigenvalue weighted by atomic mass is 15.4. The van der Waals surface area contributed by atoms with Gasteiger partial charge in [0.1, 0.15) is 5.82 Å². The highest BCUT2D eigenvalue weighted by Crippen LogP contribution is 2.39. The molecular formula is C16H19N3. The topological polar surface area (TPSA) is 19.4 Å². The van der Waals surface area contributed by atoms with Gasteiger partial charge in [0, 0.05) is 12.7 Å². The van der Waals surface area contributed by atoms with Crippen molar-refractivity contribution < 1.29 is 0 Å². The number of anilines is 3. The number of fused-ring (bicyclic) bond motifs is 1. The van der Waals surface area contributed by atoms with Crippen LogP contribution in [0.1, 0.15) is 18.9 Å². The Morgan fingerprint density at radius 3 is 2.58 bits per heavy atom. The Kier molecular flexibility index (Phi) is 3.11. The molecule has 2 heterocycles. The van der Waals surface area contributed by atoms with Crippen LogP contribution < -0.4 is 9.80 Å². The van der Waals surface area contributed by atoms with Crippen molar-refractivity contribution in [2.24, 2.45) is 0 Å². The highest BCUT2D eigenvalue weighted by Gasteiger charge is 2.26. The van der Waals surface area contributed by atoms with Gasteiger partial charge in [-0.15, -0.1) is 0 Å². The summed E-state index contributed by atoms with van der Waals surface area (Å²) in [5.41, 5.74) is 3.76. The largest absolute Gasteiger partial charge is 0.352 e. The van der Waals surface area contributed by atoms with E-state index in [0.29, 0.717) is 0 Å². The summed E-state index contributed by atoms with van der Waals surface area (Å²) in [4.78, 5) is 9.25. The van der Waals surface area contributed by atoms with Gasteiger partial charge in [-0.2, -0.15) is 0 Å². The van der Waals surface area contributed by atoms with E-state index in [1.54, 1.807) is 0 Å². The first-order valence-electron chi connectivity index (χ1n) is 6.84. The minimum Gasteiger partial charge on any atom is -0.352 e. The molecule has 1 aromatic carbocycles. The molecule has 0 aliphatic carbocycles. The summed E-state index contributed by atoms with van der Waals surface area (Å²) in [5.74, 6) is 1.02. The second-order valence-electron chi connectivity index (χ2n) is 5.02. The molecule has 0 atom stereocenters. The van der Waals surface area contributed by atoms with Crippen LogP contribution in [0.2, 0.25) is 0 Å². The van der Waals surface area contributed by atoms with Crippen LogP contribution in [0.25, 0.3) is 0 Å². The number of nitrogens with zero attached hydrogens (tertiary/aromatic N) is 3. The molecular weight excluding hydrogens is 234 g/mol. The monoisotopic (exact) mass is 253 g/mol. The molecule has 3 heteroatoms. The third-order valence-corrected chi connectivity index (χ3v) is 3.49.